The van der Waals surface area contributed by atoms with Gasteiger partial charge in [-0.3, -0.25) is 0 Å². The van der Waals surface area contributed by atoms with Crippen molar-refractivity contribution in [1.29, 1.82) is 0 Å². The number of halogens is 2. The second kappa shape index (κ2) is 10.4. The number of ether oxygens (including phenoxy) is 1. The summed E-state index contributed by atoms with van der Waals surface area (Å²) >= 11 is 1.31. The molecule has 0 radical (unpaired) electrons. The van der Waals surface area contributed by atoms with E-state index in [0.29, 0.717) is 33.0 Å². The van der Waals surface area contributed by atoms with E-state index in [1.165, 1.54) is 17.7 Å². The normalized spacial score (nSPS) is 17.5. The van der Waals surface area contributed by atoms with Crippen LogP contribution >= 0.6 is 11.3 Å². The average Bonchev–Trinajstić information content (AvgIpc) is 3.70. The monoisotopic (exact) mass is 554 g/mol. The zero-order chi connectivity index (χ0) is 27.0. The third kappa shape index (κ3) is 5.36. The number of piperazine rings is 1. The second-order valence-electron chi connectivity index (χ2n) is 9.66. The Balaban J connectivity index is 1.29. The maximum Gasteiger partial charge on any atom is 0.267 e. The Morgan fingerprint density at radius 3 is 2.62 bits per heavy atom. The molecule has 0 atom stereocenters. The zero-order valence-electron chi connectivity index (χ0n) is 21.6. The van der Waals surface area contributed by atoms with Crippen LogP contribution in [0.3, 0.4) is 0 Å². The molecule has 0 aliphatic carbocycles. The molecule has 204 valence electrons. The molecular formula is C26H28F2N8O2S. The van der Waals surface area contributed by atoms with Crippen LogP contribution in [0.2, 0.25) is 0 Å². The number of aromatic nitrogens is 4. The first kappa shape index (κ1) is 25.4. The molecule has 1 N–H and O–H groups in total. The fraction of sp³-hybridized carbons (Fsp3) is 0.385. The number of hydrogen-bond donors (Lipinski definition) is 1. The van der Waals surface area contributed by atoms with Gasteiger partial charge in [0.1, 0.15) is 5.75 Å². The molecule has 10 nitrogen and oxygen atoms in total. The average molecular weight is 555 g/mol. The van der Waals surface area contributed by atoms with Gasteiger partial charge in [-0.2, -0.15) is 0 Å². The van der Waals surface area contributed by atoms with Crippen LogP contribution in [0.25, 0.3) is 21.9 Å². The summed E-state index contributed by atoms with van der Waals surface area (Å²) in [5.41, 5.74) is 3.01. The van der Waals surface area contributed by atoms with Gasteiger partial charge < -0.3 is 29.2 Å². The van der Waals surface area contributed by atoms with Crippen LogP contribution in [0.15, 0.2) is 47.6 Å². The lowest BCUT2D eigenvalue weighted by molar-refractivity contribution is 0.0257. The van der Waals surface area contributed by atoms with Gasteiger partial charge in [0.15, 0.2) is 17.3 Å². The van der Waals surface area contributed by atoms with Crippen molar-refractivity contribution in [2.45, 2.75) is 12.3 Å². The van der Waals surface area contributed by atoms with Crippen LogP contribution < -0.4 is 19.9 Å². The lowest BCUT2D eigenvalue weighted by Crippen LogP contribution is -2.44. The van der Waals surface area contributed by atoms with Crippen molar-refractivity contribution in [3.8, 4) is 27.6 Å². The molecule has 0 unspecified atom stereocenters. The van der Waals surface area contributed by atoms with E-state index in [4.69, 9.17) is 14.1 Å². The van der Waals surface area contributed by atoms with Crippen LogP contribution in [0, 0.1) is 0 Å². The minimum absolute atomic E-state index is 0.177. The fourth-order valence-corrected chi connectivity index (χ4v) is 5.72. The summed E-state index contributed by atoms with van der Waals surface area (Å²) in [6, 6.07) is 5.94. The number of likely N-dealkylation sites (N-methyl/N-ethyl adjacent to an activating group) is 1. The maximum absolute atomic E-state index is 13.8. The number of nitrogens with one attached hydrogen (secondary N) is 1. The first-order valence-electron chi connectivity index (χ1n) is 12.6. The minimum atomic E-state index is -2.70. The van der Waals surface area contributed by atoms with Gasteiger partial charge in [0.05, 0.1) is 41.7 Å². The number of hydrogen-bond acceptors (Lipinski definition) is 11. The minimum Gasteiger partial charge on any atom is -0.495 e. The van der Waals surface area contributed by atoms with Gasteiger partial charge >= 0.3 is 0 Å². The smallest absolute Gasteiger partial charge is 0.267 e. The van der Waals surface area contributed by atoms with Crippen molar-refractivity contribution in [2.24, 2.45) is 0 Å². The van der Waals surface area contributed by atoms with Gasteiger partial charge in [-0.15, -0.1) is 0 Å². The van der Waals surface area contributed by atoms with E-state index in [9.17, 15) is 8.78 Å². The Labute approximate surface area is 228 Å². The largest absolute Gasteiger partial charge is 0.495 e. The Bertz CT molecular complexity index is 1440. The van der Waals surface area contributed by atoms with E-state index >= 15 is 0 Å². The van der Waals surface area contributed by atoms with E-state index in [1.54, 1.807) is 30.6 Å². The molecule has 2 aliphatic rings. The highest BCUT2D eigenvalue weighted by molar-refractivity contribution is 7.18. The molecule has 1 aromatic carbocycles. The third-order valence-corrected chi connectivity index (χ3v) is 8.00. The number of benzene rings is 1. The summed E-state index contributed by atoms with van der Waals surface area (Å²) in [5.74, 6) is -1.08. The number of anilines is 4. The quantitative estimate of drug-likeness (QED) is 0.349. The molecule has 0 spiro atoms. The lowest BCUT2D eigenvalue weighted by atomic mass is 10.2. The van der Waals surface area contributed by atoms with Gasteiger partial charge in [-0.05, 0) is 19.2 Å². The summed E-state index contributed by atoms with van der Waals surface area (Å²) in [6.07, 6.45) is 6.05. The third-order valence-electron chi connectivity index (χ3n) is 6.93. The summed E-state index contributed by atoms with van der Waals surface area (Å²) in [5, 5.41) is 3.80. The molecular weight excluding hydrogens is 526 g/mol. The number of alkyl halides is 2. The highest BCUT2D eigenvalue weighted by atomic mass is 32.1. The van der Waals surface area contributed by atoms with Crippen LogP contribution in [0.5, 0.6) is 5.75 Å². The van der Waals surface area contributed by atoms with Crippen molar-refractivity contribution in [3.05, 3.63) is 43.2 Å². The molecule has 13 heteroatoms. The van der Waals surface area contributed by atoms with E-state index in [2.05, 4.69) is 37.1 Å². The second-order valence-corrected chi connectivity index (χ2v) is 10.7. The Kier molecular flexibility index (Phi) is 6.77. The lowest BCUT2D eigenvalue weighted by Gasteiger charge is -2.34. The van der Waals surface area contributed by atoms with Crippen molar-refractivity contribution in [2.75, 3.05) is 68.5 Å². The number of thiazole rings is 1. The SMILES string of the molecule is COc1cc(Nc2ncc(-c3cnco3)c(-c3cnc(N4CCC(F)(F)C4)s3)n2)ccc1N1CCN(C)CC1. The van der Waals surface area contributed by atoms with Gasteiger partial charge in [-0.25, -0.2) is 28.7 Å². The molecule has 4 aromatic rings. The van der Waals surface area contributed by atoms with Crippen LogP contribution in [0.1, 0.15) is 6.42 Å². The number of oxazole rings is 1. The number of nitrogens with zero attached hydrogens (tertiary/aromatic N) is 7. The Morgan fingerprint density at radius 2 is 1.90 bits per heavy atom. The summed E-state index contributed by atoms with van der Waals surface area (Å²) in [4.78, 5) is 24.7. The maximum atomic E-state index is 13.8. The Hall–Kier alpha value is -3.84. The van der Waals surface area contributed by atoms with Crippen LogP contribution in [-0.4, -0.2) is 84.2 Å². The summed E-state index contributed by atoms with van der Waals surface area (Å²) in [6.45, 7) is 3.78. The molecule has 2 saturated heterocycles. The van der Waals surface area contributed by atoms with Crippen LogP contribution in [-0.2, 0) is 0 Å². The Morgan fingerprint density at radius 1 is 1.05 bits per heavy atom. The molecule has 2 fully saturated rings. The van der Waals surface area contributed by atoms with Gasteiger partial charge in [0, 0.05) is 63.3 Å². The van der Waals surface area contributed by atoms with E-state index in [1.807, 2.05) is 18.2 Å². The zero-order valence-corrected chi connectivity index (χ0v) is 22.4. The summed E-state index contributed by atoms with van der Waals surface area (Å²) < 4.78 is 38.8. The molecule has 0 saturated carbocycles. The summed E-state index contributed by atoms with van der Waals surface area (Å²) in [7, 11) is 3.79. The van der Waals surface area contributed by atoms with E-state index in [-0.39, 0.29) is 19.5 Å². The van der Waals surface area contributed by atoms with Gasteiger partial charge in [0.25, 0.3) is 5.92 Å². The molecule has 6 rings (SSSR count). The van der Waals surface area contributed by atoms with Crippen molar-refractivity contribution >= 4 is 33.8 Å². The predicted octanol–water partition coefficient (Wildman–Crippen LogP) is 4.60. The first-order chi connectivity index (χ1) is 18.9. The highest BCUT2D eigenvalue weighted by Crippen LogP contribution is 2.39. The molecule has 0 bridgehead atoms. The van der Waals surface area contributed by atoms with Crippen molar-refractivity contribution in [1.82, 2.24) is 24.8 Å². The molecule has 2 aliphatic heterocycles. The van der Waals surface area contributed by atoms with Crippen molar-refractivity contribution in [3.63, 3.8) is 0 Å². The van der Waals surface area contributed by atoms with Crippen molar-refractivity contribution < 1.29 is 17.9 Å². The number of methoxy groups -OCH3 is 1. The molecule has 5 heterocycles. The predicted molar refractivity (Wildman–Crippen MR) is 146 cm³/mol. The molecule has 0 amide bonds. The van der Waals surface area contributed by atoms with Gasteiger partial charge in [-0.1, -0.05) is 11.3 Å². The molecule has 39 heavy (non-hydrogen) atoms. The van der Waals surface area contributed by atoms with Gasteiger partial charge in [0.2, 0.25) is 5.95 Å². The van der Waals surface area contributed by atoms with Crippen LogP contribution in [0.4, 0.5) is 31.2 Å². The molecule has 3 aromatic heterocycles. The number of rotatable bonds is 7. The topological polar surface area (TPSA) is 95.7 Å². The fourth-order valence-electron chi connectivity index (χ4n) is 4.77. The first-order valence-corrected chi connectivity index (χ1v) is 13.4. The van der Waals surface area contributed by atoms with E-state index in [0.717, 1.165) is 43.3 Å². The standard InChI is InChI=1S/C26H28F2N8O2S/c1-34-7-9-35(10-8-34)19-4-3-17(11-20(19)37-2)32-24-30-12-18(21-13-29-16-38-21)23(33-24)22-14-31-25(39-22)36-6-5-26(27,28)15-36/h3-4,11-14,16H,5-10,15H2,1-2H3,(H,30,32,33). The van der Waals surface area contributed by atoms with E-state index < -0.39 is 5.92 Å². The highest BCUT2D eigenvalue weighted by Gasteiger charge is 2.39.